The SMILES string of the molecule is CC(=O)CCC(=O)Nc1cc(Br)ccc1C. The van der Waals surface area contributed by atoms with Crippen molar-refractivity contribution in [3.8, 4) is 0 Å². The molecule has 1 N–H and O–H groups in total. The molecule has 86 valence electrons. The monoisotopic (exact) mass is 283 g/mol. The van der Waals surface area contributed by atoms with Gasteiger partial charge >= 0.3 is 0 Å². The third kappa shape index (κ3) is 4.14. The molecule has 1 aromatic carbocycles. The van der Waals surface area contributed by atoms with Crippen molar-refractivity contribution in [3.63, 3.8) is 0 Å². The first-order chi connectivity index (χ1) is 7.49. The molecule has 0 atom stereocenters. The van der Waals surface area contributed by atoms with E-state index >= 15 is 0 Å². The molecule has 0 radical (unpaired) electrons. The van der Waals surface area contributed by atoms with Crippen molar-refractivity contribution in [2.75, 3.05) is 5.32 Å². The summed E-state index contributed by atoms with van der Waals surface area (Å²) >= 11 is 3.34. The van der Waals surface area contributed by atoms with Gasteiger partial charge in [0.05, 0.1) is 0 Å². The van der Waals surface area contributed by atoms with E-state index in [-0.39, 0.29) is 18.1 Å². The quantitative estimate of drug-likeness (QED) is 0.923. The Hall–Kier alpha value is -1.16. The molecule has 0 aromatic heterocycles. The summed E-state index contributed by atoms with van der Waals surface area (Å²) in [6, 6.07) is 5.69. The molecule has 0 heterocycles. The number of ketones is 1. The lowest BCUT2D eigenvalue weighted by Gasteiger charge is -2.08. The first-order valence-electron chi connectivity index (χ1n) is 5.04. The van der Waals surface area contributed by atoms with Crippen LogP contribution in [-0.2, 0) is 9.59 Å². The molecular formula is C12H14BrNO2. The fourth-order valence-electron chi connectivity index (χ4n) is 1.23. The van der Waals surface area contributed by atoms with E-state index in [1.807, 2.05) is 25.1 Å². The summed E-state index contributed by atoms with van der Waals surface area (Å²) in [6.07, 6.45) is 0.528. The summed E-state index contributed by atoms with van der Waals surface area (Å²) in [7, 11) is 0. The molecular weight excluding hydrogens is 270 g/mol. The highest BCUT2D eigenvalue weighted by Crippen LogP contribution is 2.20. The molecule has 0 saturated carbocycles. The van der Waals surface area contributed by atoms with E-state index in [4.69, 9.17) is 0 Å². The number of amides is 1. The molecule has 1 rings (SSSR count). The minimum atomic E-state index is -0.128. The van der Waals surface area contributed by atoms with E-state index in [9.17, 15) is 9.59 Å². The Morgan fingerprint density at radius 3 is 2.62 bits per heavy atom. The summed E-state index contributed by atoms with van der Waals surface area (Å²) in [5.74, 6) is -0.0995. The number of hydrogen-bond donors (Lipinski definition) is 1. The van der Waals surface area contributed by atoms with Gasteiger partial charge in [-0.2, -0.15) is 0 Å². The number of Topliss-reactive ketones (excluding diaryl/α,β-unsaturated/α-hetero) is 1. The van der Waals surface area contributed by atoms with Crippen LogP contribution >= 0.6 is 15.9 Å². The summed E-state index contributed by atoms with van der Waals surface area (Å²) in [5.41, 5.74) is 1.78. The van der Waals surface area contributed by atoms with Gasteiger partial charge in [0.1, 0.15) is 5.78 Å². The number of benzene rings is 1. The number of rotatable bonds is 4. The summed E-state index contributed by atoms with van der Waals surface area (Å²) in [4.78, 5) is 22.2. The molecule has 0 spiro atoms. The second-order valence-corrected chi connectivity index (χ2v) is 4.63. The molecule has 0 fully saturated rings. The van der Waals surface area contributed by atoms with Gasteiger partial charge in [0.15, 0.2) is 0 Å². The molecule has 1 amide bonds. The smallest absolute Gasteiger partial charge is 0.224 e. The number of carbonyl (C=O) groups excluding carboxylic acids is 2. The average molecular weight is 284 g/mol. The minimum Gasteiger partial charge on any atom is -0.326 e. The van der Waals surface area contributed by atoms with E-state index in [2.05, 4.69) is 21.2 Å². The van der Waals surface area contributed by atoms with Gasteiger partial charge in [0.25, 0.3) is 0 Å². The maximum absolute atomic E-state index is 11.5. The van der Waals surface area contributed by atoms with E-state index in [0.717, 1.165) is 15.7 Å². The van der Waals surface area contributed by atoms with E-state index in [1.54, 1.807) is 0 Å². The number of carbonyl (C=O) groups is 2. The van der Waals surface area contributed by atoms with Crippen molar-refractivity contribution in [3.05, 3.63) is 28.2 Å². The van der Waals surface area contributed by atoms with E-state index in [0.29, 0.717) is 6.42 Å². The first-order valence-corrected chi connectivity index (χ1v) is 5.84. The van der Waals surface area contributed by atoms with Crippen LogP contribution in [0.1, 0.15) is 25.3 Å². The zero-order valence-corrected chi connectivity index (χ0v) is 10.9. The van der Waals surface area contributed by atoms with Crippen LogP contribution in [0.4, 0.5) is 5.69 Å². The topological polar surface area (TPSA) is 46.2 Å². The van der Waals surface area contributed by atoms with Crippen LogP contribution in [0.15, 0.2) is 22.7 Å². The number of aryl methyl sites for hydroxylation is 1. The predicted molar refractivity (Wildman–Crippen MR) is 67.4 cm³/mol. The average Bonchev–Trinajstić information content (AvgIpc) is 2.20. The standard InChI is InChI=1S/C12H14BrNO2/c1-8-3-5-10(13)7-11(8)14-12(16)6-4-9(2)15/h3,5,7H,4,6H2,1-2H3,(H,14,16). The Balaban J connectivity index is 2.62. The van der Waals surface area contributed by atoms with Gasteiger partial charge < -0.3 is 10.1 Å². The highest BCUT2D eigenvalue weighted by molar-refractivity contribution is 9.10. The van der Waals surface area contributed by atoms with Crippen LogP contribution in [0, 0.1) is 6.92 Å². The second-order valence-electron chi connectivity index (χ2n) is 3.71. The highest BCUT2D eigenvalue weighted by Gasteiger charge is 2.06. The third-order valence-corrected chi connectivity index (χ3v) is 2.67. The zero-order chi connectivity index (χ0) is 12.1. The molecule has 4 heteroatoms. The van der Waals surface area contributed by atoms with Gasteiger partial charge in [-0.3, -0.25) is 4.79 Å². The van der Waals surface area contributed by atoms with Gasteiger partial charge in [-0.25, -0.2) is 0 Å². The fourth-order valence-corrected chi connectivity index (χ4v) is 1.59. The number of hydrogen-bond acceptors (Lipinski definition) is 2. The Morgan fingerprint density at radius 2 is 2.00 bits per heavy atom. The van der Waals surface area contributed by atoms with Gasteiger partial charge in [0, 0.05) is 23.0 Å². The molecule has 16 heavy (non-hydrogen) atoms. The van der Waals surface area contributed by atoms with Gasteiger partial charge in [0.2, 0.25) is 5.91 Å². The molecule has 1 aromatic rings. The molecule has 0 bridgehead atoms. The van der Waals surface area contributed by atoms with Crippen LogP contribution in [0.5, 0.6) is 0 Å². The van der Waals surface area contributed by atoms with Crippen LogP contribution < -0.4 is 5.32 Å². The third-order valence-electron chi connectivity index (χ3n) is 2.18. The minimum absolute atomic E-state index is 0.0288. The number of nitrogens with one attached hydrogen (secondary N) is 1. The predicted octanol–water partition coefficient (Wildman–Crippen LogP) is 3.07. The maximum atomic E-state index is 11.5. The lowest BCUT2D eigenvalue weighted by atomic mass is 10.2. The van der Waals surface area contributed by atoms with Crippen LogP contribution in [0.2, 0.25) is 0 Å². The van der Waals surface area contributed by atoms with Crippen molar-refractivity contribution in [1.29, 1.82) is 0 Å². The van der Waals surface area contributed by atoms with E-state index < -0.39 is 0 Å². The van der Waals surface area contributed by atoms with Gasteiger partial charge in [-0.15, -0.1) is 0 Å². The van der Waals surface area contributed by atoms with Crippen molar-refractivity contribution < 1.29 is 9.59 Å². The Labute approximate surface area is 103 Å². The van der Waals surface area contributed by atoms with Crippen LogP contribution in [-0.4, -0.2) is 11.7 Å². The Kier molecular flexibility index (Phi) is 4.68. The largest absolute Gasteiger partial charge is 0.326 e. The van der Waals surface area contributed by atoms with Gasteiger partial charge in [-0.1, -0.05) is 22.0 Å². The van der Waals surface area contributed by atoms with Gasteiger partial charge in [-0.05, 0) is 31.5 Å². The van der Waals surface area contributed by atoms with E-state index in [1.165, 1.54) is 6.92 Å². The summed E-state index contributed by atoms with van der Waals surface area (Å²) in [5, 5.41) is 2.79. The molecule has 0 saturated heterocycles. The number of anilines is 1. The lowest BCUT2D eigenvalue weighted by molar-refractivity contribution is -0.121. The molecule has 0 aliphatic carbocycles. The van der Waals surface area contributed by atoms with Crippen molar-refractivity contribution in [2.24, 2.45) is 0 Å². The normalized spacial score (nSPS) is 9.94. The first kappa shape index (κ1) is 12.9. The number of halogens is 1. The highest BCUT2D eigenvalue weighted by atomic mass is 79.9. The Bertz CT molecular complexity index is 415. The maximum Gasteiger partial charge on any atom is 0.224 e. The van der Waals surface area contributed by atoms with Crippen molar-refractivity contribution >= 4 is 33.3 Å². The summed E-state index contributed by atoms with van der Waals surface area (Å²) < 4.78 is 0.917. The van der Waals surface area contributed by atoms with Crippen LogP contribution in [0.25, 0.3) is 0 Å². The van der Waals surface area contributed by atoms with Crippen LogP contribution in [0.3, 0.4) is 0 Å². The molecule has 0 aliphatic rings. The summed E-state index contributed by atoms with van der Waals surface area (Å²) in [6.45, 7) is 3.41. The fraction of sp³-hybridized carbons (Fsp3) is 0.333. The zero-order valence-electron chi connectivity index (χ0n) is 9.34. The molecule has 0 unspecified atom stereocenters. The molecule has 3 nitrogen and oxygen atoms in total. The lowest BCUT2D eigenvalue weighted by Crippen LogP contribution is -2.13. The molecule has 0 aliphatic heterocycles. The van der Waals surface area contributed by atoms with Crippen molar-refractivity contribution in [2.45, 2.75) is 26.7 Å². The second kappa shape index (κ2) is 5.80. The Morgan fingerprint density at radius 1 is 1.31 bits per heavy atom. The van der Waals surface area contributed by atoms with Crippen molar-refractivity contribution in [1.82, 2.24) is 0 Å².